The number of aryl methyl sites for hydroxylation is 1. The van der Waals surface area contributed by atoms with Crippen molar-refractivity contribution in [1.29, 1.82) is 0 Å². The van der Waals surface area contributed by atoms with E-state index in [1.165, 1.54) is 6.92 Å². The number of aromatic nitrogens is 2. The monoisotopic (exact) mass is 388 g/mol. The first kappa shape index (κ1) is 20.3. The molecule has 3 N–H and O–H groups in total. The van der Waals surface area contributed by atoms with E-state index in [2.05, 4.69) is 10.3 Å². The summed E-state index contributed by atoms with van der Waals surface area (Å²) in [5.41, 5.74) is -1.75. The average Bonchev–Trinajstić information content (AvgIpc) is 2.57. The molecule has 1 aliphatic rings. The SMILES string of the molecule is COCCCNC(=O)[C@H]1CCCN(S(=O)(=O)c2c(C)[nH]c(=O)[nH]c2=O)C1. The summed E-state index contributed by atoms with van der Waals surface area (Å²) in [5.74, 6) is -0.698. The molecule has 0 saturated carbocycles. The summed E-state index contributed by atoms with van der Waals surface area (Å²) in [4.78, 5) is 39.3. The van der Waals surface area contributed by atoms with Gasteiger partial charge in [0.05, 0.1) is 5.92 Å². The lowest BCUT2D eigenvalue weighted by Gasteiger charge is -2.31. The van der Waals surface area contributed by atoms with Crippen LogP contribution in [0.2, 0.25) is 0 Å². The van der Waals surface area contributed by atoms with E-state index in [1.807, 2.05) is 4.98 Å². The summed E-state index contributed by atoms with van der Waals surface area (Å²) >= 11 is 0. The molecule has 11 heteroatoms. The molecular weight excluding hydrogens is 364 g/mol. The molecular formula is C15H24N4O6S. The summed E-state index contributed by atoms with van der Waals surface area (Å²) in [6.07, 6.45) is 1.75. The molecule has 146 valence electrons. The molecule has 10 nitrogen and oxygen atoms in total. The van der Waals surface area contributed by atoms with Crippen LogP contribution in [-0.2, 0) is 19.6 Å². The molecule has 2 rings (SSSR count). The Balaban J connectivity index is 2.15. The Labute approximate surface area is 151 Å². The van der Waals surface area contributed by atoms with Crippen LogP contribution in [0, 0.1) is 12.8 Å². The molecule has 0 radical (unpaired) electrons. The lowest BCUT2D eigenvalue weighted by Crippen LogP contribution is -2.47. The van der Waals surface area contributed by atoms with Crippen molar-refractivity contribution in [2.45, 2.75) is 31.1 Å². The van der Waals surface area contributed by atoms with Crippen molar-refractivity contribution in [1.82, 2.24) is 19.6 Å². The summed E-state index contributed by atoms with van der Waals surface area (Å²) in [7, 11) is -2.54. The van der Waals surface area contributed by atoms with Gasteiger partial charge in [0.25, 0.3) is 5.56 Å². The van der Waals surface area contributed by atoms with E-state index in [-0.39, 0.29) is 24.7 Å². The van der Waals surface area contributed by atoms with Gasteiger partial charge in [-0.15, -0.1) is 0 Å². The number of amides is 1. The molecule has 0 aromatic carbocycles. The van der Waals surface area contributed by atoms with E-state index >= 15 is 0 Å². The highest BCUT2D eigenvalue weighted by Crippen LogP contribution is 2.23. The molecule has 0 unspecified atom stereocenters. The van der Waals surface area contributed by atoms with E-state index in [9.17, 15) is 22.8 Å². The van der Waals surface area contributed by atoms with E-state index < -0.39 is 32.1 Å². The van der Waals surface area contributed by atoms with Crippen molar-refractivity contribution in [2.75, 3.05) is 33.4 Å². The Morgan fingerprint density at radius 3 is 2.73 bits per heavy atom. The Kier molecular flexibility index (Phi) is 6.73. The zero-order valence-corrected chi connectivity index (χ0v) is 15.6. The molecule has 1 atom stereocenters. The maximum absolute atomic E-state index is 12.8. The third-order valence-corrected chi connectivity index (χ3v) is 6.27. The lowest BCUT2D eigenvalue weighted by molar-refractivity contribution is -0.126. The second kappa shape index (κ2) is 8.60. The standard InChI is InChI=1S/C15H24N4O6S/c1-10-12(14(21)18-15(22)17-10)26(23,24)19-7-3-5-11(9-19)13(20)16-6-4-8-25-2/h11H,3-9H2,1-2H3,(H,16,20)(H2,17,18,21,22)/t11-/m0/s1. The number of hydrogen-bond donors (Lipinski definition) is 3. The molecule has 1 saturated heterocycles. The highest BCUT2D eigenvalue weighted by molar-refractivity contribution is 7.89. The van der Waals surface area contributed by atoms with Crippen LogP contribution < -0.4 is 16.6 Å². The van der Waals surface area contributed by atoms with Gasteiger partial charge in [-0.3, -0.25) is 14.6 Å². The summed E-state index contributed by atoms with van der Waals surface area (Å²) in [6, 6.07) is 0. The Bertz CT molecular complexity index is 860. The number of sulfonamides is 1. The van der Waals surface area contributed by atoms with Gasteiger partial charge >= 0.3 is 5.69 Å². The fraction of sp³-hybridized carbons (Fsp3) is 0.667. The summed E-state index contributed by atoms with van der Waals surface area (Å²) in [6.45, 7) is 2.55. The molecule has 0 bridgehead atoms. The maximum atomic E-state index is 12.8. The van der Waals surface area contributed by atoms with Crippen molar-refractivity contribution < 1.29 is 17.9 Å². The third-order valence-electron chi connectivity index (χ3n) is 4.25. The molecule has 0 spiro atoms. The minimum atomic E-state index is -4.12. The first-order chi connectivity index (χ1) is 12.3. The second-order valence-electron chi connectivity index (χ2n) is 6.20. The number of rotatable bonds is 7. The molecule has 0 aliphatic carbocycles. The highest BCUT2D eigenvalue weighted by atomic mass is 32.2. The van der Waals surface area contributed by atoms with Gasteiger partial charge in [-0.2, -0.15) is 4.31 Å². The molecule has 26 heavy (non-hydrogen) atoms. The highest BCUT2D eigenvalue weighted by Gasteiger charge is 2.35. The number of ether oxygens (including phenoxy) is 1. The van der Waals surface area contributed by atoms with Crippen LogP contribution in [0.1, 0.15) is 25.0 Å². The van der Waals surface area contributed by atoms with E-state index in [1.54, 1.807) is 7.11 Å². The number of carbonyl (C=O) groups excluding carboxylic acids is 1. The van der Waals surface area contributed by atoms with Gasteiger partial charge in [-0.1, -0.05) is 0 Å². The zero-order valence-electron chi connectivity index (χ0n) is 14.8. The van der Waals surface area contributed by atoms with Gasteiger partial charge in [-0.25, -0.2) is 13.2 Å². The number of piperidine rings is 1. The summed E-state index contributed by atoms with van der Waals surface area (Å²) < 4.78 is 31.7. The van der Waals surface area contributed by atoms with Gasteiger partial charge in [0.1, 0.15) is 0 Å². The Hall–Kier alpha value is -1.98. The second-order valence-corrected chi connectivity index (χ2v) is 8.08. The number of nitrogens with zero attached hydrogens (tertiary/aromatic N) is 1. The normalized spacial score (nSPS) is 18.6. The smallest absolute Gasteiger partial charge is 0.325 e. The molecule has 1 amide bonds. The number of methoxy groups -OCH3 is 1. The van der Waals surface area contributed by atoms with Gasteiger partial charge in [-0.05, 0) is 26.2 Å². The van der Waals surface area contributed by atoms with Crippen molar-refractivity contribution in [3.05, 3.63) is 26.5 Å². The van der Waals surface area contributed by atoms with E-state index in [4.69, 9.17) is 4.74 Å². The largest absolute Gasteiger partial charge is 0.385 e. The average molecular weight is 388 g/mol. The van der Waals surface area contributed by atoms with Crippen LogP contribution >= 0.6 is 0 Å². The minimum absolute atomic E-state index is 0.00352. The fourth-order valence-corrected chi connectivity index (χ4v) is 4.70. The Morgan fingerprint density at radius 2 is 2.08 bits per heavy atom. The number of H-pyrrole nitrogens is 2. The van der Waals surface area contributed by atoms with Crippen molar-refractivity contribution in [3.8, 4) is 0 Å². The first-order valence-electron chi connectivity index (χ1n) is 8.37. The van der Waals surface area contributed by atoms with E-state index in [0.717, 1.165) is 4.31 Å². The van der Waals surface area contributed by atoms with Crippen molar-refractivity contribution in [3.63, 3.8) is 0 Å². The van der Waals surface area contributed by atoms with Gasteiger partial charge in [0.2, 0.25) is 15.9 Å². The molecule has 1 aromatic rings. The lowest BCUT2D eigenvalue weighted by atomic mass is 9.99. The van der Waals surface area contributed by atoms with Crippen molar-refractivity contribution in [2.24, 2.45) is 5.92 Å². The number of hydrogen-bond acceptors (Lipinski definition) is 6. The number of aromatic amines is 2. The van der Waals surface area contributed by atoms with E-state index in [0.29, 0.717) is 32.4 Å². The fourth-order valence-electron chi connectivity index (χ4n) is 2.98. The first-order valence-corrected chi connectivity index (χ1v) is 9.81. The molecule has 1 fully saturated rings. The van der Waals surface area contributed by atoms with Crippen LogP contribution in [0.25, 0.3) is 0 Å². The van der Waals surface area contributed by atoms with Gasteiger partial charge in [0, 0.05) is 39.0 Å². The quantitative estimate of drug-likeness (QED) is 0.508. The molecule has 1 aliphatic heterocycles. The van der Waals surface area contributed by atoms with Crippen LogP contribution in [0.3, 0.4) is 0 Å². The van der Waals surface area contributed by atoms with Crippen LogP contribution in [-0.4, -0.2) is 61.9 Å². The molecule has 2 heterocycles. The maximum Gasteiger partial charge on any atom is 0.325 e. The van der Waals surface area contributed by atoms with Crippen LogP contribution in [0.5, 0.6) is 0 Å². The Morgan fingerprint density at radius 1 is 1.35 bits per heavy atom. The van der Waals surface area contributed by atoms with Crippen molar-refractivity contribution >= 4 is 15.9 Å². The minimum Gasteiger partial charge on any atom is -0.385 e. The molecule has 1 aromatic heterocycles. The number of carbonyl (C=O) groups is 1. The third kappa shape index (κ3) is 4.59. The predicted molar refractivity (Wildman–Crippen MR) is 93.4 cm³/mol. The van der Waals surface area contributed by atoms with Crippen LogP contribution in [0.15, 0.2) is 14.5 Å². The predicted octanol–water partition coefficient (Wildman–Crippen LogP) is -1.07. The summed E-state index contributed by atoms with van der Waals surface area (Å²) in [5, 5.41) is 2.77. The van der Waals surface area contributed by atoms with Crippen LogP contribution in [0.4, 0.5) is 0 Å². The number of nitrogens with one attached hydrogen (secondary N) is 3. The zero-order chi connectivity index (χ0) is 19.3. The van der Waals surface area contributed by atoms with Gasteiger partial charge < -0.3 is 15.0 Å². The van der Waals surface area contributed by atoms with Gasteiger partial charge in [0.15, 0.2) is 4.90 Å². The topological polar surface area (TPSA) is 141 Å².